The molecule has 2 N–H and O–H groups in total. The van der Waals surface area contributed by atoms with Crippen LogP contribution in [0.4, 0.5) is 10.1 Å². The molecule has 0 unspecified atom stereocenters. The zero-order valence-electron chi connectivity index (χ0n) is 10.9. The van der Waals surface area contributed by atoms with Crippen LogP contribution >= 0.6 is 0 Å². The summed E-state index contributed by atoms with van der Waals surface area (Å²) < 4.78 is 24.2. The van der Waals surface area contributed by atoms with Crippen molar-refractivity contribution in [3.8, 4) is 5.75 Å². The van der Waals surface area contributed by atoms with Crippen LogP contribution in [0.2, 0.25) is 0 Å². The molecule has 1 aromatic heterocycles. The lowest BCUT2D eigenvalue weighted by molar-refractivity contribution is 0.264. The average molecular weight is 272 g/mol. The van der Waals surface area contributed by atoms with Gasteiger partial charge in [-0.3, -0.25) is 0 Å². The first-order valence-electron chi connectivity index (χ1n) is 6.16. The minimum atomic E-state index is -0.337. The maximum Gasteiger partial charge on any atom is 0.233 e. The molecule has 0 bridgehead atoms. The van der Waals surface area contributed by atoms with E-state index in [9.17, 15) is 4.39 Å². The third-order valence-electron chi connectivity index (χ3n) is 2.96. The molecule has 3 aromatic rings. The number of anilines is 1. The Balaban J connectivity index is 1.81. The zero-order chi connectivity index (χ0) is 14.1. The van der Waals surface area contributed by atoms with Gasteiger partial charge in [0, 0.05) is 17.8 Å². The molecule has 102 valence electrons. The van der Waals surface area contributed by atoms with Crippen LogP contribution < -0.4 is 10.5 Å². The van der Waals surface area contributed by atoms with Gasteiger partial charge in [0.2, 0.25) is 5.89 Å². The molecule has 20 heavy (non-hydrogen) atoms. The van der Waals surface area contributed by atoms with Gasteiger partial charge in [0.05, 0.1) is 0 Å². The highest BCUT2D eigenvalue weighted by atomic mass is 19.1. The maximum absolute atomic E-state index is 13.2. The number of halogens is 1. The fraction of sp³-hybridized carbons (Fsp3) is 0.133. The zero-order valence-corrected chi connectivity index (χ0v) is 10.9. The van der Waals surface area contributed by atoms with E-state index in [0.29, 0.717) is 28.4 Å². The molecule has 0 saturated heterocycles. The number of rotatable bonds is 3. The normalized spacial score (nSPS) is 10.9. The Morgan fingerprint density at radius 1 is 1.25 bits per heavy atom. The largest absolute Gasteiger partial charge is 0.483 e. The number of nitrogens with two attached hydrogens (primary N) is 1. The average Bonchev–Trinajstić information content (AvgIpc) is 2.81. The predicted octanol–water partition coefficient (Wildman–Crippen LogP) is 3.44. The van der Waals surface area contributed by atoms with Crippen molar-refractivity contribution in [1.82, 2.24) is 4.98 Å². The number of benzene rings is 2. The summed E-state index contributed by atoms with van der Waals surface area (Å²) in [5.74, 6) is 0.567. The van der Waals surface area contributed by atoms with Gasteiger partial charge < -0.3 is 14.9 Å². The van der Waals surface area contributed by atoms with E-state index in [-0.39, 0.29) is 12.4 Å². The quantitative estimate of drug-likeness (QED) is 0.742. The molecule has 0 spiro atoms. The van der Waals surface area contributed by atoms with E-state index in [1.54, 1.807) is 24.3 Å². The fourth-order valence-corrected chi connectivity index (χ4v) is 1.92. The first-order chi connectivity index (χ1) is 9.61. The Morgan fingerprint density at radius 3 is 2.95 bits per heavy atom. The van der Waals surface area contributed by atoms with Crippen molar-refractivity contribution in [1.29, 1.82) is 0 Å². The van der Waals surface area contributed by atoms with Gasteiger partial charge in [0.15, 0.2) is 12.2 Å². The van der Waals surface area contributed by atoms with E-state index in [4.69, 9.17) is 14.9 Å². The number of hydrogen-bond donors (Lipinski definition) is 1. The maximum atomic E-state index is 13.2. The van der Waals surface area contributed by atoms with E-state index >= 15 is 0 Å². The third-order valence-corrected chi connectivity index (χ3v) is 2.96. The summed E-state index contributed by atoms with van der Waals surface area (Å²) in [6.07, 6.45) is 0. The van der Waals surface area contributed by atoms with Gasteiger partial charge in [-0.05, 0) is 30.7 Å². The summed E-state index contributed by atoms with van der Waals surface area (Å²) in [6, 6.07) is 9.65. The van der Waals surface area contributed by atoms with Crippen LogP contribution in [0.1, 0.15) is 11.5 Å². The van der Waals surface area contributed by atoms with Gasteiger partial charge >= 0.3 is 0 Å². The van der Waals surface area contributed by atoms with Crippen molar-refractivity contribution in [2.45, 2.75) is 13.5 Å². The van der Waals surface area contributed by atoms with Crippen molar-refractivity contribution < 1.29 is 13.5 Å². The monoisotopic (exact) mass is 272 g/mol. The number of aromatic nitrogens is 1. The van der Waals surface area contributed by atoms with Gasteiger partial charge in [-0.2, -0.15) is 0 Å². The summed E-state index contributed by atoms with van der Waals surface area (Å²) in [5, 5.41) is 0. The van der Waals surface area contributed by atoms with Crippen LogP contribution in [-0.4, -0.2) is 4.98 Å². The minimum Gasteiger partial charge on any atom is -0.483 e. The molecule has 0 saturated carbocycles. The lowest BCUT2D eigenvalue weighted by Gasteiger charge is -2.06. The topological polar surface area (TPSA) is 61.3 Å². The highest BCUT2D eigenvalue weighted by Gasteiger charge is 2.08. The summed E-state index contributed by atoms with van der Waals surface area (Å²) in [5.41, 5.74) is 8.47. The summed E-state index contributed by atoms with van der Waals surface area (Å²) >= 11 is 0. The second-order valence-electron chi connectivity index (χ2n) is 4.53. The number of oxazole rings is 1. The molecule has 0 aliphatic carbocycles. The number of ether oxygens (including phenoxy) is 1. The van der Waals surface area contributed by atoms with E-state index in [0.717, 1.165) is 5.56 Å². The van der Waals surface area contributed by atoms with Gasteiger partial charge in [-0.15, -0.1) is 0 Å². The van der Waals surface area contributed by atoms with Crippen LogP contribution in [0.5, 0.6) is 5.75 Å². The Labute approximate surface area is 115 Å². The molecule has 2 aromatic carbocycles. The molecule has 3 rings (SSSR count). The van der Waals surface area contributed by atoms with E-state index < -0.39 is 0 Å². The van der Waals surface area contributed by atoms with Crippen molar-refractivity contribution in [3.63, 3.8) is 0 Å². The van der Waals surface area contributed by atoms with Crippen molar-refractivity contribution in [2.75, 3.05) is 5.73 Å². The summed E-state index contributed by atoms with van der Waals surface area (Å²) in [4.78, 5) is 4.28. The fourth-order valence-electron chi connectivity index (χ4n) is 1.92. The summed E-state index contributed by atoms with van der Waals surface area (Å²) in [7, 11) is 0. The summed E-state index contributed by atoms with van der Waals surface area (Å²) in [6.45, 7) is 1.99. The van der Waals surface area contributed by atoms with Crippen molar-refractivity contribution in [3.05, 3.63) is 53.7 Å². The van der Waals surface area contributed by atoms with Gasteiger partial charge in [0.25, 0.3) is 0 Å². The molecule has 5 heteroatoms. The molecule has 0 aliphatic rings. The van der Waals surface area contributed by atoms with E-state index in [1.165, 1.54) is 12.1 Å². The van der Waals surface area contributed by atoms with E-state index in [1.807, 2.05) is 6.92 Å². The van der Waals surface area contributed by atoms with Crippen LogP contribution in [0.3, 0.4) is 0 Å². The van der Waals surface area contributed by atoms with Crippen LogP contribution in [0, 0.1) is 12.7 Å². The molecule has 4 nitrogen and oxygen atoms in total. The van der Waals surface area contributed by atoms with Crippen LogP contribution in [0.25, 0.3) is 11.1 Å². The lowest BCUT2D eigenvalue weighted by Crippen LogP contribution is -1.97. The standard InChI is InChI=1S/C15H13FN2O2/c1-9-2-3-10(16)6-13(9)19-8-15-18-12-5-4-11(17)7-14(12)20-15/h2-7H,8,17H2,1H3. The molecule has 0 fully saturated rings. The number of nitrogen functional groups attached to an aromatic ring is 1. The lowest BCUT2D eigenvalue weighted by atomic mass is 10.2. The molecule has 0 atom stereocenters. The molecular formula is C15H13FN2O2. The number of nitrogens with zero attached hydrogens (tertiary/aromatic N) is 1. The Kier molecular flexibility index (Phi) is 3.02. The smallest absolute Gasteiger partial charge is 0.233 e. The van der Waals surface area contributed by atoms with Gasteiger partial charge in [-0.25, -0.2) is 9.37 Å². The number of fused-ring (bicyclic) bond motifs is 1. The Hall–Kier alpha value is -2.56. The minimum absolute atomic E-state index is 0.138. The number of aryl methyl sites for hydroxylation is 1. The van der Waals surface area contributed by atoms with Gasteiger partial charge in [0.1, 0.15) is 17.1 Å². The van der Waals surface area contributed by atoms with Crippen molar-refractivity contribution >= 4 is 16.8 Å². The molecule has 0 aliphatic heterocycles. The predicted molar refractivity (Wildman–Crippen MR) is 73.9 cm³/mol. The second kappa shape index (κ2) is 4.85. The highest BCUT2D eigenvalue weighted by molar-refractivity contribution is 5.76. The van der Waals surface area contributed by atoms with Crippen molar-refractivity contribution in [2.24, 2.45) is 0 Å². The van der Waals surface area contributed by atoms with Crippen LogP contribution in [0.15, 0.2) is 40.8 Å². The molecular weight excluding hydrogens is 259 g/mol. The Morgan fingerprint density at radius 2 is 2.10 bits per heavy atom. The highest BCUT2D eigenvalue weighted by Crippen LogP contribution is 2.22. The first-order valence-corrected chi connectivity index (χ1v) is 6.16. The second-order valence-corrected chi connectivity index (χ2v) is 4.53. The first kappa shape index (κ1) is 12.5. The third kappa shape index (κ3) is 2.42. The molecule has 1 heterocycles. The van der Waals surface area contributed by atoms with Crippen LogP contribution in [-0.2, 0) is 6.61 Å². The molecule has 0 radical (unpaired) electrons. The van der Waals surface area contributed by atoms with E-state index in [2.05, 4.69) is 4.98 Å². The number of hydrogen-bond acceptors (Lipinski definition) is 4. The molecule has 0 amide bonds. The Bertz CT molecular complexity index is 768. The SMILES string of the molecule is Cc1ccc(F)cc1OCc1nc2ccc(N)cc2o1. The van der Waals surface area contributed by atoms with Gasteiger partial charge in [-0.1, -0.05) is 6.07 Å².